The van der Waals surface area contributed by atoms with Gasteiger partial charge in [-0.3, -0.25) is 4.79 Å². The zero-order valence-corrected chi connectivity index (χ0v) is 18.1. The number of hydrogen-bond donors (Lipinski definition) is 2. The van der Waals surface area contributed by atoms with E-state index in [0.717, 1.165) is 22.5 Å². The van der Waals surface area contributed by atoms with Crippen LogP contribution in [0.3, 0.4) is 0 Å². The van der Waals surface area contributed by atoms with Gasteiger partial charge in [-0.05, 0) is 50.1 Å². The average Bonchev–Trinajstić information content (AvgIpc) is 3.09. The van der Waals surface area contributed by atoms with Crippen molar-refractivity contribution in [2.24, 2.45) is 0 Å². The maximum Gasteiger partial charge on any atom is 0.318 e. The highest BCUT2D eigenvalue weighted by Gasteiger charge is 2.38. The van der Waals surface area contributed by atoms with Gasteiger partial charge in [-0.1, -0.05) is 30.3 Å². The largest absolute Gasteiger partial charge is 0.352 e. The third-order valence-electron chi connectivity index (χ3n) is 5.70. The molecule has 1 saturated heterocycles. The zero-order valence-electron chi connectivity index (χ0n) is 18.1. The number of nitrogens with one attached hydrogen (secondary N) is 2. The lowest BCUT2D eigenvalue weighted by molar-refractivity contribution is -0.127. The van der Waals surface area contributed by atoms with Gasteiger partial charge in [-0.15, -0.1) is 0 Å². The van der Waals surface area contributed by atoms with Crippen molar-refractivity contribution >= 4 is 11.9 Å². The van der Waals surface area contributed by atoms with E-state index in [1.807, 2.05) is 44.2 Å². The van der Waals surface area contributed by atoms with E-state index in [0.29, 0.717) is 31.7 Å². The molecule has 0 aliphatic carbocycles. The first-order valence-corrected chi connectivity index (χ1v) is 10.6. The Bertz CT molecular complexity index is 1110. The van der Waals surface area contributed by atoms with E-state index >= 15 is 0 Å². The molecule has 1 aliphatic heterocycles. The third-order valence-corrected chi connectivity index (χ3v) is 5.70. The summed E-state index contributed by atoms with van der Waals surface area (Å²) in [5.41, 5.74) is 4.08. The molecule has 0 spiro atoms. The molecule has 7 nitrogen and oxygen atoms in total. The molecular formula is C24H26FN5O2. The minimum atomic E-state index is -0.757. The summed E-state index contributed by atoms with van der Waals surface area (Å²) < 4.78 is 14.9. The number of amides is 3. The van der Waals surface area contributed by atoms with Crippen LogP contribution in [0, 0.1) is 19.7 Å². The molecule has 2 heterocycles. The molecule has 1 aromatic heterocycles. The lowest BCUT2D eigenvalue weighted by Crippen LogP contribution is -2.55. The maximum atomic E-state index is 13.1. The number of rotatable bonds is 5. The minimum absolute atomic E-state index is 0.219. The number of aryl methyl sites for hydroxylation is 1. The van der Waals surface area contributed by atoms with E-state index in [4.69, 9.17) is 0 Å². The molecule has 1 fully saturated rings. The van der Waals surface area contributed by atoms with Gasteiger partial charge in [0.1, 0.15) is 11.9 Å². The Morgan fingerprint density at radius 1 is 1.16 bits per heavy atom. The van der Waals surface area contributed by atoms with Crippen molar-refractivity contribution in [2.45, 2.75) is 26.3 Å². The first kappa shape index (κ1) is 21.5. The van der Waals surface area contributed by atoms with Gasteiger partial charge in [-0.2, -0.15) is 5.10 Å². The van der Waals surface area contributed by atoms with Gasteiger partial charge in [0.05, 0.1) is 11.4 Å². The fourth-order valence-electron chi connectivity index (χ4n) is 4.11. The second-order valence-corrected chi connectivity index (χ2v) is 7.83. The Labute approximate surface area is 186 Å². The minimum Gasteiger partial charge on any atom is -0.352 e. The number of piperazine rings is 1. The van der Waals surface area contributed by atoms with Gasteiger partial charge < -0.3 is 15.5 Å². The molecule has 0 saturated carbocycles. The number of para-hydroxylation sites is 1. The lowest BCUT2D eigenvalue weighted by Gasteiger charge is -2.35. The molecule has 0 radical (unpaired) electrons. The zero-order chi connectivity index (χ0) is 22.7. The first-order valence-electron chi connectivity index (χ1n) is 10.6. The Hall–Kier alpha value is -3.68. The van der Waals surface area contributed by atoms with Gasteiger partial charge in [0.15, 0.2) is 0 Å². The van der Waals surface area contributed by atoms with Crippen LogP contribution in [-0.4, -0.2) is 46.3 Å². The Kier molecular flexibility index (Phi) is 6.20. The van der Waals surface area contributed by atoms with Crippen molar-refractivity contribution < 1.29 is 14.0 Å². The predicted molar refractivity (Wildman–Crippen MR) is 119 cm³/mol. The summed E-state index contributed by atoms with van der Waals surface area (Å²) in [5.74, 6) is -0.509. The summed E-state index contributed by atoms with van der Waals surface area (Å²) in [6, 6.07) is 14.8. The smallest absolute Gasteiger partial charge is 0.318 e. The Morgan fingerprint density at radius 2 is 1.88 bits per heavy atom. The molecule has 0 unspecified atom stereocenters. The van der Waals surface area contributed by atoms with Crippen LogP contribution in [0.15, 0.2) is 54.6 Å². The summed E-state index contributed by atoms with van der Waals surface area (Å²) in [5, 5.41) is 10.4. The van der Waals surface area contributed by atoms with Crippen molar-refractivity contribution in [3.63, 3.8) is 0 Å². The molecule has 0 bridgehead atoms. The average molecular weight is 436 g/mol. The van der Waals surface area contributed by atoms with Gasteiger partial charge in [0, 0.05) is 30.9 Å². The number of halogens is 1. The molecule has 1 atom stereocenters. The first-order chi connectivity index (χ1) is 15.5. The molecule has 4 rings (SSSR count). The summed E-state index contributed by atoms with van der Waals surface area (Å²) in [6.07, 6.45) is 0.570. The molecule has 2 aromatic carbocycles. The van der Waals surface area contributed by atoms with Crippen LogP contribution in [0.25, 0.3) is 5.69 Å². The van der Waals surface area contributed by atoms with E-state index in [-0.39, 0.29) is 17.8 Å². The number of benzene rings is 2. The van der Waals surface area contributed by atoms with Crippen LogP contribution in [0.4, 0.5) is 9.18 Å². The van der Waals surface area contributed by atoms with Crippen LogP contribution < -0.4 is 10.6 Å². The monoisotopic (exact) mass is 435 g/mol. The molecule has 3 aromatic rings. The second-order valence-electron chi connectivity index (χ2n) is 7.83. The molecule has 3 amide bonds. The number of aromatic nitrogens is 2. The molecule has 8 heteroatoms. The number of hydrogen-bond acceptors (Lipinski definition) is 3. The van der Waals surface area contributed by atoms with Crippen LogP contribution in [0.2, 0.25) is 0 Å². The van der Waals surface area contributed by atoms with E-state index in [1.54, 1.807) is 21.7 Å². The van der Waals surface area contributed by atoms with E-state index < -0.39 is 6.04 Å². The number of urea groups is 1. The highest BCUT2D eigenvalue weighted by molar-refractivity contribution is 5.89. The van der Waals surface area contributed by atoms with E-state index in [2.05, 4.69) is 15.7 Å². The van der Waals surface area contributed by atoms with Crippen LogP contribution >= 0.6 is 0 Å². The van der Waals surface area contributed by atoms with Gasteiger partial charge in [0.25, 0.3) is 0 Å². The second kappa shape index (κ2) is 9.21. The fraction of sp³-hybridized carbons (Fsp3) is 0.292. The highest BCUT2D eigenvalue weighted by atomic mass is 19.1. The number of carbonyl (C=O) groups excluding carboxylic acids is 2. The normalized spacial score (nSPS) is 16.0. The third kappa shape index (κ3) is 4.34. The molecule has 32 heavy (non-hydrogen) atoms. The SMILES string of the molecule is Cc1nn(-c2ccccc2)c(C)c1[C@@H]1C(=O)NCCN1C(=O)NCCc1ccc(F)cc1. The summed E-state index contributed by atoms with van der Waals surface area (Å²) in [7, 11) is 0. The summed E-state index contributed by atoms with van der Waals surface area (Å²) in [4.78, 5) is 27.5. The molecule has 166 valence electrons. The standard InChI is InChI=1S/C24H26FN5O2/c1-16-21(17(2)30(28-16)20-6-4-3-5-7-20)22-23(31)26-14-15-29(22)24(32)27-13-12-18-8-10-19(25)11-9-18/h3-11,22H,12-15H2,1-2H3,(H,26,31)(H,27,32)/t22-/m1/s1. The molecular weight excluding hydrogens is 409 g/mol. The molecule has 1 aliphatic rings. The van der Waals surface area contributed by atoms with Crippen molar-refractivity contribution in [1.29, 1.82) is 0 Å². The number of nitrogens with zero attached hydrogens (tertiary/aromatic N) is 3. The fourth-order valence-corrected chi connectivity index (χ4v) is 4.11. The van der Waals surface area contributed by atoms with Crippen molar-refractivity contribution in [2.75, 3.05) is 19.6 Å². The van der Waals surface area contributed by atoms with Crippen molar-refractivity contribution in [3.8, 4) is 5.69 Å². The van der Waals surface area contributed by atoms with Crippen molar-refractivity contribution in [3.05, 3.63) is 82.9 Å². The van der Waals surface area contributed by atoms with Gasteiger partial charge >= 0.3 is 6.03 Å². The Balaban J connectivity index is 1.54. The molecule has 2 N–H and O–H groups in total. The number of carbonyl (C=O) groups is 2. The van der Waals surface area contributed by atoms with Gasteiger partial charge in [0.2, 0.25) is 5.91 Å². The van der Waals surface area contributed by atoms with Crippen molar-refractivity contribution in [1.82, 2.24) is 25.3 Å². The highest BCUT2D eigenvalue weighted by Crippen LogP contribution is 2.30. The predicted octanol–water partition coefficient (Wildman–Crippen LogP) is 3.05. The summed E-state index contributed by atoms with van der Waals surface area (Å²) in [6.45, 7) is 4.94. The van der Waals surface area contributed by atoms with E-state index in [9.17, 15) is 14.0 Å². The quantitative estimate of drug-likeness (QED) is 0.647. The topological polar surface area (TPSA) is 79.3 Å². The lowest BCUT2D eigenvalue weighted by atomic mass is 10.0. The van der Waals surface area contributed by atoms with Crippen LogP contribution in [0.5, 0.6) is 0 Å². The summed E-state index contributed by atoms with van der Waals surface area (Å²) >= 11 is 0. The van der Waals surface area contributed by atoms with Gasteiger partial charge in [-0.25, -0.2) is 13.9 Å². The maximum absolute atomic E-state index is 13.1. The Morgan fingerprint density at radius 3 is 2.59 bits per heavy atom. The van der Waals surface area contributed by atoms with Crippen LogP contribution in [-0.2, 0) is 11.2 Å². The van der Waals surface area contributed by atoms with Crippen LogP contribution in [0.1, 0.15) is 28.6 Å². The van der Waals surface area contributed by atoms with E-state index in [1.165, 1.54) is 12.1 Å².